The van der Waals surface area contributed by atoms with Crippen LogP contribution in [0.5, 0.6) is 5.75 Å². The van der Waals surface area contributed by atoms with Gasteiger partial charge in [0.1, 0.15) is 35.0 Å². The Morgan fingerprint density at radius 1 is 1.09 bits per heavy atom. The minimum Gasteiger partial charge on any atom is -0.507 e. The van der Waals surface area contributed by atoms with Gasteiger partial charge in [-0.15, -0.1) is 0 Å². The molecule has 2 aromatic carbocycles. The van der Waals surface area contributed by atoms with E-state index in [-0.39, 0.29) is 34.2 Å². The summed E-state index contributed by atoms with van der Waals surface area (Å²) >= 11 is 0. The molecule has 0 radical (unpaired) electrons. The highest BCUT2D eigenvalue weighted by atomic mass is 19.1. The SMILES string of the molecule is N#CC1=C/C(=C(/O)c2ccccc2O)C(C(=O)NC2CCCCC2)N(c2ccc(F)cc2)C1=O. The average Bonchev–Trinajstić information content (AvgIpc) is 2.85. The molecule has 2 amide bonds. The van der Waals surface area contributed by atoms with Gasteiger partial charge in [-0.1, -0.05) is 31.4 Å². The molecule has 3 N–H and O–H groups in total. The van der Waals surface area contributed by atoms with Crippen molar-refractivity contribution in [2.75, 3.05) is 4.90 Å². The highest BCUT2D eigenvalue weighted by Gasteiger charge is 2.41. The lowest BCUT2D eigenvalue weighted by Gasteiger charge is -2.36. The molecule has 0 aromatic heterocycles. The Morgan fingerprint density at radius 3 is 2.41 bits per heavy atom. The number of nitrogens with one attached hydrogen (secondary N) is 1. The van der Waals surface area contributed by atoms with Crippen LogP contribution in [0, 0.1) is 17.1 Å². The molecule has 4 rings (SSSR count). The van der Waals surface area contributed by atoms with E-state index in [4.69, 9.17) is 0 Å². The molecule has 1 aliphatic carbocycles. The van der Waals surface area contributed by atoms with E-state index in [0.717, 1.165) is 49.1 Å². The summed E-state index contributed by atoms with van der Waals surface area (Å²) in [4.78, 5) is 27.9. The number of halogens is 1. The minimum atomic E-state index is -1.34. The molecular weight excluding hydrogens is 437 g/mol. The van der Waals surface area contributed by atoms with Crippen LogP contribution in [-0.2, 0) is 9.59 Å². The van der Waals surface area contributed by atoms with Gasteiger partial charge >= 0.3 is 0 Å². The smallest absolute Gasteiger partial charge is 0.269 e. The van der Waals surface area contributed by atoms with Crippen molar-refractivity contribution in [1.82, 2.24) is 5.32 Å². The van der Waals surface area contributed by atoms with Crippen LogP contribution in [-0.4, -0.2) is 34.1 Å². The van der Waals surface area contributed by atoms with Gasteiger partial charge in [0, 0.05) is 17.3 Å². The Labute approximate surface area is 196 Å². The van der Waals surface area contributed by atoms with E-state index in [1.807, 2.05) is 6.07 Å². The van der Waals surface area contributed by atoms with Gasteiger partial charge < -0.3 is 15.5 Å². The summed E-state index contributed by atoms with van der Waals surface area (Å²) in [7, 11) is 0. The number of carbonyl (C=O) groups excluding carboxylic acids is 2. The van der Waals surface area contributed by atoms with Crippen LogP contribution < -0.4 is 10.2 Å². The number of hydrogen-bond donors (Lipinski definition) is 3. The predicted molar refractivity (Wildman–Crippen MR) is 124 cm³/mol. The number of phenolic OH excluding ortho intramolecular Hbond substituents is 1. The largest absolute Gasteiger partial charge is 0.507 e. The second-order valence-corrected chi connectivity index (χ2v) is 8.39. The number of amides is 2. The molecule has 174 valence electrons. The molecule has 8 heteroatoms. The zero-order valence-corrected chi connectivity index (χ0v) is 18.4. The zero-order chi connectivity index (χ0) is 24.2. The van der Waals surface area contributed by atoms with E-state index in [1.165, 1.54) is 30.3 Å². The fourth-order valence-corrected chi connectivity index (χ4v) is 4.44. The molecule has 1 aliphatic heterocycles. The fraction of sp³-hybridized carbons (Fsp3) is 0.269. The van der Waals surface area contributed by atoms with Crippen molar-refractivity contribution in [3.63, 3.8) is 0 Å². The van der Waals surface area contributed by atoms with E-state index in [2.05, 4.69) is 5.32 Å². The molecule has 0 saturated heterocycles. The molecule has 7 nitrogen and oxygen atoms in total. The Balaban J connectivity index is 1.88. The van der Waals surface area contributed by atoms with E-state index < -0.39 is 29.4 Å². The normalized spacial score (nSPS) is 20.4. The molecule has 2 aromatic rings. The van der Waals surface area contributed by atoms with Crippen molar-refractivity contribution >= 4 is 23.3 Å². The summed E-state index contributed by atoms with van der Waals surface area (Å²) in [6.45, 7) is 0. The van der Waals surface area contributed by atoms with Crippen molar-refractivity contribution in [2.45, 2.75) is 44.2 Å². The molecule has 0 spiro atoms. The highest BCUT2D eigenvalue weighted by molar-refractivity contribution is 6.15. The number of aliphatic hydroxyl groups excluding tert-OH is 1. The van der Waals surface area contributed by atoms with Gasteiger partial charge in [0.15, 0.2) is 0 Å². The average molecular weight is 461 g/mol. The summed E-state index contributed by atoms with van der Waals surface area (Å²) < 4.78 is 13.6. The first-order valence-corrected chi connectivity index (χ1v) is 11.1. The van der Waals surface area contributed by atoms with Crippen molar-refractivity contribution in [2.24, 2.45) is 0 Å². The lowest BCUT2D eigenvalue weighted by Crippen LogP contribution is -2.55. The molecule has 1 atom stereocenters. The number of benzene rings is 2. The van der Waals surface area contributed by atoms with Crippen LogP contribution in [0.25, 0.3) is 5.76 Å². The Morgan fingerprint density at radius 2 is 1.76 bits per heavy atom. The molecule has 2 aliphatic rings. The third kappa shape index (κ3) is 4.50. The Kier molecular flexibility index (Phi) is 6.64. The van der Waals surface area contributed by atoms with Gasteiger partial charge in [-0.25, -0.2) is 4.39 Å². The quantitative estimate of drug-likeness (QED) is 0.593. The summed E-state index contributed by atoms with van der Waals surface area (Å²) in [5.74, 6) is -2.47. The van der Waals surface area contributed by atoms with Gasteiger partial charge in [-0.2, -0.15) is 5.26 Å². The van der Waals surface area contributed by atoms with Gasteiger partial charge in [0.05, 0.1) is 5.56 Å². The molecule has 1 fully saturated rings. The number of phenols is 1. The predicted octanol–water partition coefficient (Wildman–Crippen LogP) is 4.11. The number of aromatic hydroxyl groups is 1. The Bertz CT molecular complexity index is 1210. The molecular formula is C26H24FN3O4. The number of carbonyl (C=O) groups is 2. The number of anilines is 1. The third-order valence-corrected chi connectivity index (χ3v) is 6.16. The van der Waals surface area contributed by atoms with Crippen molar-refractivity contribution in [3.8, 4) is 11.8 Å². The standard InChI is InChI=1S/C26H24FN3O4/c27-17-10-12-19(13-11-17)30-23(25(33)29-18-6-2-1-3-7-18)21(14-16(15-28)26(30)34)24(32)20-8-4-5-9-22(20)31/h4-5,8-14,18,23,31-32H,1-3,6-7H2,(H,29,33)/b24-21-. The van der Waals surface area contributed by atoms with Gasteiger partial charge in [-0.05, 0) is 55.3 Å². The number of hydrogen-bond acceptors (Lipinski definition) is 5. The molecule has 1 saturated carbocycles. The van der Waals surface area contributed by atoms with Crippen LogP contribution in [0.2, 0.25) is 0 Å². The third-order valence-electron chi connectivity index (χ3n) is 6.16. The van der Waals surface area contributed by atoms with E-state index in [1.54, 1.807) is 12.1 Å². The number of aliphatic hydroxyl groups is 1. The van der Waals surface area contributed by atoms with Gasteiger partial charge in [0.25, 0.3) is 5.91 Å². The van der Waals surface area contributed by atoms with Crippen LogP contribution in [0.15, 0.2) is 65.8 Å². The second kappa shape index (κ2) is 9.79. The number of nitriles is 1. The summed E-state index contributed by atoms with van der Waals surface area (Å²) in [6.07, 6.45) is 5.80. The van der Waals surface area contributed by atoms with Gasteiger partial charge in [0.2, 0.25) is 5.91 Å². The first kappa shape index (κ1) is 23.1. The fourth-order valence-electron chi connectivity index (χ4n) is 4.44. The van der Waals surface area contributed by atoms with E-state index >= 15 is 0 Å². The van der Waals surface area contributed by atoms with Crippen molar-refractivity contribution < 1.29 is 24.2 Å². The zero-order valence-electron chi connectivity index (χ0n) is 18.4. The second-order valence-electron chi connectivity index (χ2n) is 8.39. The van der Waals surface area contributed by atoms with Crippen LogP contribution in [0.4, 0.5) is 10.1 Å². The number of rotatable bonds is 4. The van der Waals surface area contributed by atoms with Crippen molar-refractivity contribution in [3.05, 3.63) is 77.1 Å². The Hall–Kier alpha value is -4.12. The molecule has 1 unspecified atom stereocenters. The van der Waals surface area contributed by atoms with Crippen molar-refractivity contribution in [1.29, 1.82) is 5.26 Å². The summed E-state index contributed by atoms with van der Waals surface area (Å²) in [6, 6.07) is 11.4. The number of para-hydroxylation sites is 1. The lowest BCUT2D eigenvalue weighted by atomic mass is 9.90. The lowest BCUT2D eigenvalue weighted by molar-refractivity contribution is -0.125. The highest BCUT2D eigenvalue weighted by Crippen LogP contribution is 2.35. The molecule has 1 heterocycles. The first-order valence-electron chi connectivity index (χ1n) is 11.1. The monoisotopic (exact) mass is 461 g/mol. The van der Waals surface area contributed by atoms with Gasteiger partial charge in [-0.3, -0.25) is 14.5 Å². The van der Waals surface area contributed by atoms with E-state index in [9.17, 15) is 29.5 Å². The summed E-state index contributed by atoms with van der Waals surface area (Å²) in [5, 5.41) is 34.0. The summed E-state index contributed by atoms with van der Waals surface area (Å²) in [5.41, 5.74) is -0.0770. The minimum absolute atomic E-state index is 0.0183. The molecule has 34 heavy (non-hydrogen) atoms. The van der Waals surface area contributed by atoms with Crippen LogP contribution in [0.3, 0.4) is 0 Å². The number of nitrogens with zero attached hydrogens (tertiary/aromatic N) is 2. The van der Waals surface area contributed by atoms with Crippen LogP contribution >= 0.6 is 0 Å². The maximum absolute atomic E-state index is 13.6. The topological polar surface area (TPSA) is 114 Å². The maximum Gasteiger partial charge on any atom is 0.269 e. The maximum atomic E-state index is 13.6. The molecule has 0 bridgehead atoms. The van der Waals surface area contributed by atoms with Crippen LogP contribution in [0.1, 0.15) is 37.7 Å². The first-order chi connectivity index (χ1) is 16.4. The van der Waals surface area contributed by atoms with E-state index in [0.29, 0.717) is 0 Å².